The van der Waals surface area contributed by atoms with Gasteiger partial charge in [-0.05, 0) is 38.0 Å². The van der Waals surface area contributed by atoms with E-state index < -0.39 is 10.0 Å². The fourth-order valence-corrected chi connectivity index (χ4v) is 4.55. The van der Waals surface area contributed by atoms with E-state index in [1.165, 1.54) is 10.4 Å². The topological polar surface area (TPSA) is 93.5 Å². The monoisotopic (exact) mass is 378 g/mol. The summed E-state index contributed by atoms with van der Waals surface area (Å²) in [6.45, 7) is 3.26. The molecule has 3 rings (SSSR count). The van der Waals surface area contributed by atoms with Gasteiger partial charge in [0, 0.05) is 31.2 Å². The normalized spacial score (nSPS) is 15.1. The molecular formula is C17H22N4O4S. The Bertz CT molecular complexity index is 859. The maximum absolute atomic E-state index is 12.9. The molecule has 1 aromatic carbocycles. The number of hydrogen-bond donors (Lipinski definition) is 1. The molecule has 1 aliphatic heterocycles. The summed E-state index contributed by atoms with van der Waals surface area (Å²) < 4.78 is 34.5. The Labute approximate surface area is 152 Å². The molecule has 0 saturated carbocycles. The largest absolute Gasteiger partial charge is 0.492 e. The van der Waals surface area contributed by atoms with Crippen molar-refractivity contribution in [3.63, 3.8) is 0 Å². The fraction of sp³-hybridized carbons (Fsp3) is 0.412. The van der Waals surface area contributed by atoms with Crippen LogP contribution < -0.4 is 10.1 Å². The Kier molecular flexibility index (Phi) is 5.58. The van der Waals surface area contributed by atoms with Crippen LogP contribution in [-0.2, 0) is 21.4 Å². The second-order valence-corrected chi connectivity index (χ2v) is 7.90. The van der Waals surface area contributed by atoms with Crippen molar-refractivity contribution >= 4 is 21.6 Å². The van der Waals surface area contributed by atoms with Crippen molar-refractivity contribution in [2.45, 2.75) is 31.2 Å². The minimum Gasteiger partial charge on any atom is -0.492 e. The van der Waals surface area contributed by atoms with Gasteiger partial charge >= 0.3 is 0 Å². The first kappa shape index (κ1) is 18.4. The maximum Gasteiger partial charge on any atom is 0.246 e. The number of carbonyl (C=O) groups is 1. The Balaban J connectivity index is 1.85. The molecule has 0 spiro atoms. The number of nitrogens with zero attached hydrogens (tertiary/aromatic N) is 3. The van der Waals surface area contributed by atoms with Crippen LogP contribution in [0.1, 0.15) is 19.8 Å². The number of amides is 1. The summed E-state index contributed by atoms with van der Waals surface area (Å²) in [7, 11) is -3.66. The predicted octanol–water partition coefficient (Wildman–Crippen LogP) is 1.71. The number of ether oxygens (including phenoxy) is 1. The van der Waals surface area contributed by atoms with Crippen LogP contribution in [0.15, 0.2) is 41.8 Å². The van der Waals surface area contributed by atoms with E-state index in [9.17, 15) is 13.2 Å². The molecule has 1 fully saturated rings. The van der Waals surface area contributed by atoms with Gasteiger partial charge in [-0.15, -0.1) is 0 Å². The lowest BCUT2D eigenvalue weighted by molar-refractivity contribution is -0.116. The summed E-state index contributed by atoms with van der Waals surface area (Å²) in [5, 5.41) is 2.73. The summed E-state index contributed by atoms with van der Waals surface area (Å²) in [4.78, 5) is 16.1. The van der Waals surface area contributed by atoms with Gasteiger partial charge in [0.25, 0.3) is 0 Å². The highest BCUT2D eigenvalue weighted by molar-refractivity contribution is 7.89. The first-order chi connectivity index (χ1) is 12.5. The molecule has 0 unspecified atom stereocenters. The minimum atomic E-state index is -3.66. The van der Waals surface area contributed by atoms with E-state index in [1.807, 2.05) is 0 Å². The van der Waals surface area contributed by atoms with E-state index >= 15 is 0 Å². The predicted molar refractivity (Wildman–Crippen MR) is 96.5 cm³/mol. The highest BCUT2D eigenvalue weighted by Crippen LogP contribution is 2.31. The number of imidazole rings is 1. The number of carbonyl (C=O) groups excluding carboxylic acids is 1. The average molecular weight is 378 g/mol. The first-order valence-corrected chi connectivity index (χ1v) is 9.97. The molecule has 1 aliphatic rings. The quantitative estimate of drug-likeness (QED) is 0.792. The second kappa shape index (κ2) is 7.88. The van der Waals surface area contributed by atoms with Gasteiger partial charge in [0.15, 0.2) is 0 Å². The number of anilines is 1. The number of benzene rings is 1. The van der Waals surface area contributed by atoms with E-state index in [-0.39, 0.29) is 17.3 Å². The van der Waals surface area contributed by atoms with Gasteiger partial charge in [0.05, 0.1) is 12.9 Å². The van der Waals surface area contributed by atoms with Gasteiger partial charge in [-0.25, -0.2) is 13.4 Å². The molecule has 9 heteroatoms. The van der Waals surface area contributed by atoms with Crippen LogP contribution in [0.2, 0.25) is 0 Å². The Morgan fingerprint density at radius 2 is 2.08 bits per heavy atom. The van der Waals surface area contributed by atoms with E-state index in [1.54, 1.807) is 42.3 Å². The highest BCUT2D eigenvalue weighted by Gasteiger charge is 2.30. The van der Waals surface area contributed by atoms with Gasteiger partial charge in [-0.2, -0.15) is 4.31 Å². The van der Waals surface area contributed by atoms with Gasteiger partial charge in [0.1, 0.15) is 17.2 Å². The third-order valence-corrected chi connectivity index (χ3v) is 6.02. The number of sulfonamides is 1. The summed E-state index contributed by atoms with van der Waals surface area (Å²) in [6, 6.07) is 4.68. The van der Waals surface area contributed by atoms with Crippen molar-refractivity contribution in [1.29, 1.82) is 0 Å². The van der Waals surface area contributed by atoms with Crippen LogP contribution in [0.3, 0.4) is 0 Å². The zero-order chi connectivity index (χ0) is 18.6. The van der Waals surface area contributed by atoms with Crippen LogP contribution in [0, 0.1) is 0 Å². The van der Waals surface area contributed by atoms with Crippen LogP contribution in [0.4, 0.5) is 5.69 Å². The van der Waals surface area contributed by atoms with Crippen molar-refractivity contribution in [3.8, 4) is 5.75 Å². The van der Waals surface area contributed by atoms with E-state index in [0.29, 0.717) is 31.1 Å². The zero-order valence-corrected chi connectivity index (χ0v) is 15.4. The fourth-order valence-electron chi connectivity index (χ4n) is 2.88. The molecule has 2 aromatic rings. The molecule has 1 saturated heterocycles. The molecule has 1 N–H and O–H groups in total. The lowest BCUT2D eigenvalue weighted by atomic mass is 10.3. The summed E-state index contributed by atoms with van der Waals surface area (Å²) in [5.74, 6) is 0.0312. The van der Waals surface area contributed by atoms with E-state index in [4.69, 9.17) is 4.74 Å². The maximum atomic E-state index is 12.9. The molecule has 2 heterocycles. The molecule has 1 aromatic heterocycles. The molecule has 0 aliphatic carbocycles. The Hall–Kier alpha value is -2.39. The van der Waals surface area contributed by atoms with E-state index in [0.717, 1.165) is 12.8 Å². The summed E-state index contributed by atoms with van der Waals surface area (Å²) >= 11 is 0. The summed E-state index contributed by atoms with van der Waals surface area (Å²) in [6.07, 6.45) is 6.52. The van der Waals surface area contributed by atoms with Gasteiger partial charge in [-0.3, -0.25) is 4.79 Å². The zero-order valence-electron chi connectivity index (χ0n) is 14.6. The smallest absolute Gasteiger partial charge is 0.246 e. The van der Waals surface area contributed by atoms with Crippen LogP contribution in [0.25, 0.3) is 0 Å². The van der Waals surface area contributed by atoms with Crippen LogP contribution >= 0.6 is 0 Å². The molecule has 8 nitrogen and oxygen atoms in total. The molecular weight excluding hydrogens is 356 g/mol. The number of rotatable bonds is 7. The first-order valence-electron chi connectivity index (χ1n) is 8.53. The summed E-state index contributed by atoms with van der Waals surface area (Å²) in [5.41, 5.74) is 0.413. The lowest BCUT2D eigenvalue weighted by Gasteiger charge is -2.19. The minimum absolute atomic E-state index is 0.0849. The molecule has 0 bridgehead atoms. The average Bonchev–Trinajstić information content (AvgIpc) is 3.30. The van der Waals surface area contributed by atoms with Gasteiger partial charge in [-0.1, -0.05) is 0 Å². The second-order valence-electron chi connectivity index (χ2n) is 5.99. The van der Waals surface area contributed by atoms with Crippen molar-refractivity contribution in [2.75, 3.05) is 25.0 Å². The Morgan fingerprint density at radius 1 is 1.31 bits per heavy atom. The number of hydrogen-bond acceptors (Lipinski definition) is 5. The van der Waals surface area contributed by atoms with Crippen LogP contribution in [0.5, 0.6) is 5.75 Å². The molecule has 0 atom stereocenters. The lowest BCUT2D eigenvalue weighted by Crippen LogP contribution is -2.28. The third-order valence-electron chi connectivity index (χ3n) is 4.10. The molecule has 140 valence electrons. The van der Waals surface area contributed by atoms with Crippen LogP contribution in [-0.4, -0.2) is 47.9 Å². The van der Waals surface area contributed by atoms with Crippen molar-refractivity contribution in [2.24, 2.45) is 0 Å². The van der Waals surface area contributed by atoms with Crippen molar-refractivity contribution < 1.29 is 17.9 Å². The number of nitrogens with one attached hydrogen (secondary N) is 1. The standard InChI is InChI=1S/C17H22N4O4S/c1-2-25-15-6-5-14(19-17(22)12-20-10-7-18-13-20)11-16(15)26(23,24)21-8-3-4-9-21/h5-7,10-11,13H,2-4,8-9,12H2,1H3,(H,19,22). The number of aromatic nitrogens is 2. The third kappa shape index (κ3) is 4.05. The van der Waals surface area contributed by atoms with Gasteiger partial charge < -0.3 is 14.6 Å². The molecule has 1 amide bonds. The van der Waals surface area contributed by atoms with E-state index in [2.05, 4.69) is 10.3 Å². The van der Waals surface area contributed by atoms with Crippen molar-refractivity contribution in [3.05, 3.63) is 36.9 Å². The van der Waals surface area contributed by atoms with Crippen molar-refractivity contribution in [1.82, 2.24) is 13.9 Å². The Morgan fingerprint density at radius 3 is 2.73 bits per heavy atom. The highest BCUT2D eigenvalue weighted by atomic mass is 32.2. The molecule has 26 heavy (non-hydrogen) atoms. The molecule has 0 radical (unpaired) electrons. The SMILES string of the molecule is CCOc1ccc(NC(=O)Cn2ccnc2)cc1S(=O)(=O)N1CCCC1. The van der Waals surface area contributed by atoms with Gasteiger partial charge in [0.2, 0.25) is 15.9 Å².